The molecule has 120 valence electrons. The molecule has 0 saturated carbocycles. The van der Waals surface area contributed by atoms with Crippen LogP contribution < -0.4 is 10.1 Å². The number of benzene rings is 1. The standard InChI is InChI=1S/C16H26ClNO3/c1-10(2)14-6-15(17)11(3)5-16(14)21-9-13(20)8-18-7-12(4)19/h5-6,10,12-13,18-20H,7-9H2,1-4H3/p+1/t12-,13-/m0/s1. The van der Waals surface area contributed by atoms with Gasteiger partial charge in [0.15, 0.2) is 0 Å². The first-order chi connectivity index (χ1) is 9.81. The monoisotopic (exact) mass is 316 g/mol. The van der Waals surface area contributed by atoms with E-state index in [0.717, 1.165) is 21.9 Å². The molecule has 0 saturated heterocycles. The van der Waals surface area contributed by atoms with Crippen LogP contribution in [0.15, 0.2) is 12.1 Å². The van der Waals surface area contributed by atoms with Gasteiger partial charge in [-0.15, -0.1) is 0 Å². The number of rotatable bonds is 8. The Labute approximate surface area is 132 Å². The Balaban J connectivity index is 2.60. The van der Waals surface area contributed by atoms with E-state index in [2.05, 4.69) is 13.8 Å². The minimum absolute atomic E-state index is 0.233. The summed E-state index contributed by atoms with van der Waals surface area (Å²) in [5.41, 5.74) is 2.01. The number of ether oxygens (including phenoxy) is 1. The molecule has 0 unspecified atom stereocenters. The third-order valence-electron chi connectivity index (χ3n) is 3.29. The highest BCUT2D eigenvalue weighted by molar-refractivity contribution is 6.31. The van der Waals surface area contributed by atoms with Gasteiger partial charge in [0, 0.05) is 5.02 Å². The van der Waals surface area contributed by atoms with Crippen molar-refractivity contribution in [3.8, 4) is 5.75 Å². The first-order valence-electron chi connectivity index (χ1n) is 7.41. The van der Waals surface area contributed by atoms with Gasteiger partial charge in [-0.25, -0.2) is 0 Å². The molecule has 1 aromatic rings. The van der Waals surface area contributed by atoms with Crippen molar-refractivity contribution in [2.75, 3.05) is 19.7 Å². The maximum atomic E-state index is 9.91. The lowest BCUT2D eigenvalue weighted by Crippen LogP contribution is -2.88. The zero-order chi connectivity index (χ0) is 16.0. The lowest BCUT2D eigenvalue weighted by Gasteiger charge is -2.17. The summed E-state index contributed by atoms with van der Waals surface area (Å²) in [7, 11) is 0. The summed E-state index contributed by atoms with van der Waals surface area (Å²) in [6.07, 6.45) is -0.940. The number of halogens is 1. The molecule has 4 nitrogen and oxygen atoms in total. The van der Waals surface area contributed by atoms with Gasteiger partial charge < -0.3 is 20.3 Å². The molecule has 0 spiro atoms. The van der Waals surface area contributed by atoms with Crippen molar-refractivity contribution in [2.45, 2.75) is 45.8 Å². The minimum atomic E-state index is -0.570. The average molecular weight is 317 g/mol. The van der Waals surface area contributed by atoms with Gasteiger partial charge >= 0.3 is 0 Å². The van der Waals surface area contributed by atoms with Crippen molar-refractivity contribution in [1.29, 1.82) is 0 Å². The van der Waals surface area contributed by atoms with Crippen LogP contribution in [0.2, 0.25) is 5.02 Å². The van der Waals surface area contributed by atoms with Gasteiger partial charge in [0.25, 0.3) is 0 Å². The molecular weight excluding hydrogens is 290 g/mol. The highest BCUT2D eigenvalue weighted by Crippen LogP contribution is 2.32. The summed E-state index contributed by atoms with van der Waals surface area (Å²) in [6.45, 7) is 9.15. The van der Waals surface area contributed by atoms with E-state index in [1.807, 2.05) is 24.4 Å². The third kappa shape index (κ3) is 6.22. The molecule has 4 N–H and O–H groups in total. The zero-order valence-corrected chi connectivity index (χ0v) is 14.0. The fourth-order valence-corrected chi connectivity index (χ4v) is 2.20. The molecule has 0 aliphatic carbocycles. The van der Waals surface area contributed by atoms with Gasteiger partial charge in [0.1, 0.15) is 31.5 Å². The predicted molar refractivity (Wildman–Crippen MR) is 85.1 cm³/mol. The Morgan fingerprint density at radius 2 is 1.86 bits per heavy atom. The average Bonchev–Trinajstić information content (AvgIpc) is 2.39. The summed E-state index contributed by atoms with van der Waals surface area (Å²) >= 11 is 6.16. The first kappa shape index (κ1) is 18.2. The Bertz CT molecular complexity index is 449. The molecule has 0 amide bonds. The smallest absolute Gasteiger partial charge is 0.137 e. The lowest BCUT2D eigenvalue weighted by atomic mass is 10.0. The fourth-order valence-electron chi connectivity index (χ4n) is 2.03. The molecule has 1 aromatic carbocycles. The molecule has 2 atom stereocenters. The van der Waals surface area contributed by atoms with E-state index in [1.54, 1.807) is 6.92 Å². The molecular formula is C16H27ClNO3+. The van der Waals surface area contributed by atoms with Crippen molar-refractivity contribution in [2.24, 2.45) is 0 Å². The number of aryl methyl sites for hydroxylation is 1. The van der Waals surface area contributed by atoms with Crippen molar-refractivity contribution >= 4 is 11.6 Å². The molecule has 0 bridgehead atoms. The van der Waals surface area contributed by atoms with Gasteiger partial charge in [-0.05, 0) is 43.0 Å². The van der Waals surface area contributed by atoms with Crippen molar-refractivity contribution in [1.82, 2.24) is 0 Å². The quantitative estimate of drug-likeness (QED) is 0.680. The Hall–Kier alpha value is -0.810. The number of quaternary nitrogens is 1. The predicted octanol–water partition coefficient (Wildman–Crippen LogP) is 1.46. The highest BCUT2D eigenvalue weighted by atomic mass is 35.5. The normalized spacial score (nSPS) is 14.3. The first-order valence-corrected chi connectivity index (χ1v) is 7.79. The number of nitrogens with two attached hydrogens (primary N) is 1. The van der Waals surface area contributed by atoms with Crippen molar-refractivity contribution < 1.29 is 20.3 Å². The summed E-state index contributed by atoms with van der Waals surface area (Å²) in [5.74, 6) is 1.08. The van der Waals surface area contributed by atoms with Crippen LogP contribution in [0.5, 0.6) is 5.75 Å². The molecule has 0 aliphatic rings. The van der Waals surface area contributed by atoms with Gasteiger partial charge in [0.05, 0.1) is 6.10 Å². The molecule has 1 rings (SSSR count). The molecule has 5 heteroatoms. The topological polar surface area (TPSA) is 66.3 Å². The number of hydrogen-bond donors (Lipinski definition) is 3. The van der Waals surface area contributed by atoms with Crippen LogP contribution in [0, 0.1) is 6.92 Å². The molecule has 0 fully saturated rings. The fraction of sp³-hybridized carbons (Fsp3) is 0.625. The zero-order valence-electron chi connectivity index (χ0n) is 13.3. The van der Waals surface area contributed by atoms with E-state index in [0.29, 0.717) is 19.0 Å². The van der Waals surface area contributed by atoms with Crippen LogP contribution in [-0.4, -0.2) is 42.1 Å². The Kier molecular flexibility index (Phi) is 7.46. The van der Waals surface area contributed by atoms with E-state index in [9.17, 15) is 10.2 Å². The van der Waals surface area contributed by atoms with Crippen molar-refractivity contribution in [3.63, 3.8) is 0 Å². The van der Waals surface area contributed by atoms with Crippen LogP contribution in [0.1, 0.15) is 37.8 Å². The number of hydrogen-bond acceptors (Lipinski definition) is 3. The maximum Gasteiger partial charge on any atom is 0.137 e. The van der Waals surface area contributed by atoms with Crippen LogP contribution in [0.3, 0.4) is 0 Å². The van der Waals surface area contributed by atoms with Gasteiger partial charge in [-0.2, -0.15) is 0 Å². The van der Waals surface area contributed by atoms with Crippen LogP contribution >= 0.6 is 11.6 Å². The summed E-state index contributed by atoms with van der Waals surface area (Å²) in [4.78, 5) is 0. The van der Waals surface area contributed by atoms with Crippen LogP contribution in [0.4, 0.5) is 0 Å². The Morgan fingerprint density at radius 3 is 2.43 bits per heavy atom. The second-order valence-electron chi connectivity index (χ2n) is 5.87. The van der Waals surface area contributed by atoms with Gasteiger partial charge in [0.2, 0.25) is 0 Å². The maximum absolute atomic E-state index is 9.91. The highest BCUT2D eigenvalue weighted by Gasteiger charge is 2.14. The molecule has 0 heterocycles. The molecule has 0 aliphatic heterocycles. The van der Waals surface area contributed by atoms with Crippen LogP contribution in [-0.2, 0) is 0 Å². The van der Waals surface area contributed by atoms with Gasteiger partial charge in [-0.1, -0.05) is 25.4 Å². The Morgan fingerprint density at radius 1 is 1.19 bits per heavy atom. The van der Waals surface area contributed by atoms with E-state index in [-0.39, 0.29) is 12.7 Å². The summed E-state index contributed by atoms with van der Waals surface area (Å²) in [5, 5.41) is 21.7. The second kappa shape index (κ2) is 8.59. The molecule has 0 aromatic heterocycles. The number of aliphatic hydroxyl groups is 2. The number of aliphatic hydroxyl groups excluding tert-OH is 2. The van der Waals surface area contributed by atoms with Crippen LogP contribution in [0.25, 0.3) is 0 Å². The minimum Gasteiger partial charge on any atom is -0.490 e. The summed E-state index contributed by atoms with van der Waals surface area (Å²) in [6, 6.07) is 3.85. The van der Waals surface area contributed by atoms with E-state index >= 15 is 0 Å². The SMILES string of the molecule is Cc1cc(OC[C@@H](O)C[NH2+]C[C@H](C)O)c(C(C)C)cc1Cl. The van der Waals surface area contributed by atoms with Crippen molar-refractivity contribution in [3.05, 3.63) is 28.3 Å². The van der Waals surface area contributed by atoms with Gasteiger partial charge in [-0.3, -0.25) is 0 Å². The third-order valence-corrected chi connectivity index (χ3v) is 3.70. The lowest BCUT2D eigenvalue weighted by molar-refractivity contribution is -0.666. The summed E-state index contributed by atoms with van der Waals surface area (Å²) < 4.78 is 5.76. The molecule has 0 radical (unpaired) electrons. The molecule has 21 heavy (non-hydrogen) atoms. The second-order valence-corrected chi connectivity index (χ2v) is 6.28. The van der Waals surface area contributed by atoms with E-state index in [1.165, 1.54) is 0 Å². The largest absolute Gasteiger partial charge is 0.490 e. The van der Waals surface area contributed by atoms with E-state index in [4.69, 9.17) is 16.3 Å². The van der Waals surface area contributed by atoms with E-state index < -0.39 is 6.10 Å².